The fraction of sp³-hybridized carbons (Fsp3) is 0.520. The number of benzene rings is 1. The molecule has 204 valence electrons. The predicted octanol–water partition coefficient (Wildman–Crippen LogP) is 1.70. The molecule has 2 amide bonds. The minimum atomic E-state index is -1.29. The Hall–Kier alpha value is -3.25. The van der Waals surface area contributed by atoms with Crippen molar-refractivity contribution in [3.8, 4) is 0 Å². The van der Waals surface area contributed by atoms with E-state index in [1.54, 1.807) is 6.92 Å². The lowest BCUT2D eigenvalue weighted by atomic mass is 10.0. The number of aliphatic hydroxyl groups excluding tert-OH is 1. The standard InChI is InChI=1S/C18H29N5O5S.C7H8O/c1-7-28-16(26)12(4)21-17(27)18(5,6)22-15(25)14(11(2)3)29-13(24)8-23-10-19-9-20-23;8-6-7-4-2-1-3-5-7/h9-12,14H,7-8H2,1-6H3,(H,21,27)(H,22,25);1-5,8H,6H2/t12-,14?;/m0./s1. The number of rotatable bonds is 11. The third-order valence-electron chi connectivity index (χ3n) is 4.90. The van der Waals surface area contributed by atoms with Crippen LogP contribution in [0.2, 0.25) is 0 Å². The summed E-state index contributed by atoms with van der Waals surface area (Å²) < 4.78 is 6.24. The normalized spacial score (nSPS) is 12.5. The highest BCUT2D eigenvalue weighted by Crippen LogP contribution is 2.22. The van der Waals surface area contributed by atoms with Gasteiger partial charge in [-0.1, -0.05) is 55.9 Å². The zero-order chi connectivity index (χ0) is 28.0. The van der Waals surface area contributed by atoms with E-state index in [0.717, 1.165) is 17.3 Å². The zero-order valence-corrected chi connectivity index (χ0v) is 22.9. The summed E-state index contributed by atoms with van der Waals surface area (Å²) >= 11 is 0.892. The van der Waals surface area contributed by atoms with Crippen molar-refractivity contribution < 1.29 is 29.0 Å². The predicted molar refractivity (Wildman–Crippen MR) is 140 cm³/mol. The monoisotopic (exact) mass is 535 g/mol. The molecule has 1 unspecified atom stereocenters. The first kappa shape index (κ1) is 31.8. The molecule has 0 saturated heterocycles. The van der Waals surface area contributed by atoms with Gasteiger partial charge in [-0.2, -0.15) is 5.10 Å². The van der Waals surface area contributed by atoms with Crippen LogP contribution in [-0.2, 0) is 37.1 Å². The molecule has 0 aliphatic carbocycles. The van der Waals surface area contributed by atoms with Crippen LogP contribution in [0.3, 0.4) is 0 Å². The third-order valence-corrected chi connectivity index (χ3v) is 6.30. The van der Waals surface area contributed by atoms with Crippen molar-refractivity contribution >= 4 is 34.7 Å². The van der Waals surface area contributed by atoms with Gasteiger partial charge in [0.05, 0.1) is 18.5 Å². The molecule has 37 heavy (non-hydrogen) atoms. The Morgan fingerprint density at radius 2 is 1.78 bits per heavy atom. The summed E-state index contributed by atoms with van der Waals surface area (Å²) in [6, 6.07) is 8.68. The Morgan fingerprint density at radius 3 is 2.27 bits per heavy atom. The van der Waals surface area contributed by atoms with E-state index in [4.69, 9.17) is 9.84 Å². The Balaban J connectivity index is 0.000000722. The van der Waals surface area contributed by atoms with E-state index >= 15 is 0 Å². The van der Waals surface area contributed by atoms with Crippen molar-refractivity contribution in [1.29, 1.82) is 0 Å². The molecule has 2 rings (SSSR count). The number of nitrogens with one attached hydrogen (secondary N) is 2. The van der Waals surface area contributed by atoms with E-state index in [0.29, 0.717) is 0 Å². The van der Waals surface area contributed by atoms with Crippen LogP contribution in [0, 0.1) is 5.92 Å². The highest BCUT2D eigenvalue weighted by atomic mass is 32.2. The number of thioether (sulfide) groups is 1. The molecule has 2 atom stereocenters. The van der Waals surface area contributed by atoms with Gasteiger partial charge in [0.2, 0.25) is 16.9 Å². The third kappa shape index (κ3) is 11.6. The van der Waals surface area contributed by atoms with Crippen LogP contribution in [0.4, 0.5) is 0 Å². The molecule has 1 heterocycles. The fourth-order valence-corrected chi connectivity index (χ4v) is 3.77. The van der Waals surface area contributed by atoms with Crippen LogP contribution < -0.4 is 10.6 Å². The maximum absolute atomic E-state index is 12.8. The maximum Gasteiger partial charge on any atom is 0.328 e. The summed E-state index contributed by atoms with van der Waals surface area (Å²) in [5.74, 6) is -1.69. The molecule has 1 aromatic carbocycles. The van der Waals surface area contributed by atoms with E-state index < -0.39 is 34.6 Å². The second kappa shape index (κ2) is 15.8. The van der Waals surface area contributed by atoms with Gasteiger partial charge in [0.15, 0.2) is 0 Å². The van der Waals surface area contributed by atoms with E-state index in [-0.39, 0.29) is 30.8 Å². The van der Waals surface area contributed by atoms with Crippen molar-refractivity contribution in [1.82, 2.24) is 25.4 Å². The highest BCUT2D eigenvalue weighted by Gasteiger charge is 2.35. The average Bonchev–Trinajstić information content (AvgIpc) is 3.35. The van der Waals surface area contributed by atoms with Crippen molar-refractivity contribution in [3.05, 3.63) is 48.5 Å². The average molecular weight is 536 g/mol. The molecule has 11 nitrogen and oxygen atoms in total. The van der Waals surface area contributed by atoms with Crippen LogP contribution in [0.15, 0.2) is 43.0 Å². The van der Waals surface area contributed by atoms with Crippen LogP contribution in [0.5, 0.6) is 0 Å². The van der Waals surface area contributed by atoms with Crippen LogP contribution in [-0.4, -0.2) is 66.2 Å². The minimum Gasteiger partial charge on any atom is -0.464 e. The van der Waals surface area contributed by atoms with Crippen LogP contribution in [0.25, 0.3) is 0 Å². The lowest BCUT2D eigenvalue weighted by Gasteiger charge is -2.29. The Kier molecular flexibility index (Phi) is 13.5. The summed E-state index contributed by atoms with van der Waals surface area (Å²) in [4.78, 5) is 53.0. The summed E-state index contributed by atoms with van der Waals surface area (Å²) in [6.07, 6.45) is 2.74. The first-order valence-electron chi connectivity index (χ1n) is 11.9. The maximum atomic E-state index is 12.8. The van der Waals surface area contributed by atoms with Gasteiger partial charge in [-0.3, -0.25) is 14.4 Å². The number of nitrogens with zero attached hydrogens (tertiary/aromatic N) is 3. The molecule has 0 fully saturated rings. The Labute approximate surface area is 221 Å². The first-order chi connectivity index (χ1) is 17.4. The molecule has 0 aliphatic rings. The van der Waals surface area contributed by atoms with Gasteiger partial charge in [0.25, 0.3) is 0 Å². The second-order valence-corrected chi connectivity index (χ2v) is 10.2. The molecule has 2 aromatic rings. The summed E-state index contributed by atoms with van der Waals surface area (Å²) in [6.45, 7) is 10.2. The van der Waals surface area contributed by atoms with Gasteiger partial charge in [-0.15, -0.1) is 0 Å². The number of aromatic nitrogens is 3. The lowest BCUT2D eigenvalue weighted by Crippen LogP contribution is -2.59. The second-order valence-electron chi connectivity index (χ2n) is 8.95. The Morgan fingerprint density at radius 1 is 1.14 bits per heavy atom. The number of esters is 1. The van der Waals surface area contributed by atoms with E-state index in [1.807, 2.05) is 44.2 Å². The molecule has 3 N–H and O–H groups in total. The summed E-state index contributed by atoms with van der Waals surface area (Å²) in [7, 11) is 0. The van der Waals surface area contributed by atoms with E-state index in [2.05, 4.69) is 20.7 Å². The molecule has 0 bridgehead atoms. The van der Waals surface area contributed by atoms with Crippen molar-refractivity contribution in [2.24, 2.45) is 5.92 Å². The van der Waals surface area contributed by atoms with Crippen molar-refractivity contribution in [3.63, 3.8) is 0 Å². The summed E-state index contributed by atoms with van der Waals surface area (Å²) in [5, 5.41) is 16.7. The van der Waals surface area contributed by atoms with E-state index in [1.165, 1.54) is 38.1 Å². The van der Waals surface area contributed by atoms with Crippen molar-refractivity contribution in [2.45, 2.75) is 71.5 Å². The highest BCUT2D eigenvalue weighted by molar-refractivity contribution is 8.14. The van der Waals surface area contributed by atoms with E-state index in [9.17, 15) is 19.2 Å². The Bertz CT molecular complexity index is 998. The molecule has 12 heteroatoms. The summed E-state index contributed by atoms with van der Waals surface area (Å²) in [5.41, 5.74) is -0.326. The first-order valence-corrected chi connectivity index (χ1v) is 12.8. The van der Waals surface area contributed by atoms with Gasteiger partial charge < -0.3 is 20.5 Å². The molecule has 1 aromatic heterocycles. The number of hydrogen-bond acceptors (Lipinski definition) is 9. The minimum absolute atomic E-state index is 0.0118. The smallest absolute Gasteiger partial charge is 0.328 e. The number of ether oxygens (including phenoxy) is 1. The molecular formula is C25H37N5O6S. The van der Waals surface area contributed by atoms with Crippen LogP contribution >= 0.6 is 11.8 Å². The number of hydrogen-bond donors (Lipinski definition) is 3. The largest absolute Gasteiger partial charge is 0.464 e. The van der Waals surface area contributed by atoms with Gasteiger partial charge in [-0.25, -0.2) is 14.5 Å². The molecule has 0 aliphatic heterocycles. The SMILES string of the molecule is CCOC(=O)[C@H](C)NC(=O)C(C)(C)NC(=O)C(SC(=O)Cn1cncn1)C(C)C.OCc1ccccc1. The number of aliphatic hydroxyl groups is 1. The fourth-order valence-electron chi connectivity index (χ4n) is 2.84. The van der Waals surface area contributed by atoms with Gasteiger partial charge in [0, 0.05) is 0 Å². The topological polar surface area (TPSA) is 153 Å². The quantitative estimate of drug-likeness (QED) is 0.365. The number of carbonyl (C=O) groups excluding carboxylic acids is 4. The molecule has 0 saturated carbocycles. The molecular weight excluding hydrogens is 498 g/mol. The van der Waals surface area contributed by atoms with Gasteiger partial charge >= 0.3 is 5.97 Å². The number of amides is 2. The number of carbonyl (C=O) groups is 4. The zero-order valence-electron chi connectivity index (χ0n) is 22.1. The van der Waals surface area contributed by atoms with Gasteiger partial charge in [0.1, 0.15) is 30.8 Å². The van der Waals surface area contributed by atoms with Crippen LogP contribution in [0.1, 0.15) is 47.1 Å². The molecule has 0 spiro atoms. The van der Waals surface area contributed by atoms with Crippen molar-refractivity contribution in [2.75, 3.05) is 6.61 Å². The van der Waals surface area contributed by atoms with Gasteiger partial charge in [-0.05, 0) is 39.2 Å². The molecule has 0 radical (unpaired) electrons. The lowest BCUT2D eigenvalue weighted by molar-refractivity contribution is -0.147.